The molecule has 2 atom stereocenters. The van der Waals surface area contributed by atoms with Gasteiger partial charge in [0.25, 0.3) is 5.95 Å². The summed E-state index contributed by atoms with van der Waals surface area (Å²) in [4.78, 5) is 13.4. The van der Waals surface area contributed by atoms with Crippen LogP contribution in [0.4, 0.5) is 17.6 Å². The minimum Gasteiger partial charge on any atom is -0.475 e. The lowest BCUT2D eigenvalue weighted by molar-refractivity contribution is -0.192. The maximum atomic E-state index is 14.5. The topological polar surface area (TPSA) is 115 Å². The maximum Gasteiger partial charge on any atom is 0.490 e. The quantitative estimate of drug-likeness (QED) is 0.554. The van der Waals surface area contributed by atoms with Gasteiger partial charge in [0.2, 0.25) is 5.89 Å². The van der Waals surface area contributed by atoms with Crippen LogP contribution in [0, 0.1) is 5.82 Å². The minimum absolute atomic E-state index is 0.0127. The molecule has 3 aromatic rings. The summed E-state index contributed by atoms with van der Waals surface area (Å²) in [5.41, 5.74) is 1.18. The van der Waals surface area contributed by atoms with Gasteiger partial charge in [0.15, 0.2) is 0 Å². The Balaban J connectivity index is 0.000000383. The van der Waals surface area contributed by atoms with E-state index in [2.05, 4.69) is 20.6 Å². The number of aliphatic carboxylic acids is 1. The predicted octanol–water partition coefficient (Wildman–Crippen LogP) is 3.40. The molecule has 1 aliphatic rings. The molecule has 9 nitrogen and oxygen atoms in total. The van der Waals surface area contributed by atoms with E-state index in [9.17, 15) is 17.6 Å². The maximum absolute atomic E-state index is 14.5. The lowest BCUT2D eigenvalue weighted by Gasteiger charge is -2.28. The van der Waals surface area contributed by atoms with Crippen molar-refractivity contribution >= 4 is 16.9 Å². The Morgan fingerprint density at radius 2 is 2.06 bits per heavy atom. The molecule has 0 unspecified atom stereocenters. The van der Waals surface area contributed by atoms with Crippen LogP contribution in [0.15, 0.2) is 22.7 Å². The highest BCUT2D eigenvalue weighted by Crippen LogP contribution is 2.30. The molecule has 1 fully saturated rings. The molecule has 2 N–H and O–H groups in total. The Morgan fingerprint density at radius 1 is 1.36 bits per heavy atom. The Kier molecular flexibility index (Phi) is 7.32. The van der Waals surface area contributed by atoms with Gasteiger partial charge in [-0.05, 0) is 30.1 Å². The van der Waals surface area contributed by atoms with E-state index in [1.54, 1.807) is 13.2 Å². The lowest BCUT2D eigenvalue weighted by Crippen LogP contribution is -2.40. The number of ether oxygens (including phenoxy) is 1. The van der Waals surface area contributed by atoms with Crippen LogP contribution >= 0.6 is 0 Å². The number of benzene rings is 1. The number of carbonyl (C=O) groups is 1. The van der Waals surface area contributed by atoms with Gasteiger partial charge in [-0.25, -0.2) is 9.18 Å². The molecule has 1 aliphatic heterocycles. The number of hydrogen-bond acceptors (Lipinski definition) is 7. The summed E-state index contributed by atoms with van der Waals surface area (Å²) in [6, 6.07) is 4.97. The SMILES string of the molecule is CO[C@H]1CNCC[C@H]1c1nc(-n2nc(C(C)C)c3cccc(F)c32)no1.O=C(O)C(F)(F)F. The van der Waals surface area contributed by atoms with E-state index in [1.807, 2.05) is 19.9 Å². The lowest BCUT2D eigenvalue weighted by atomic mass is 9.95. The Morgan fingerprint density at radius 3 is 2.67 bits per heavy atom. The monoisotopic (exact) mass is 473 g/mol. The third-order valence-electron chi connectivity index (χ3n) is 5.14. The molecular weight excluding hydrogens is 450 g/mol. The van der Waals surface area contributed by atoms with E-state index in [-0.39, 0.29) is 29.7 Å². The zero-order chi connectivity index (χ0) is 24.3. The van der Waals surface area contributed by atoms with Crippen molar-refractivity contribution in [3.8, 4) is 5.95 Å². The number of carboxylic acids is 1. The van der Waals surface area contributed by atoms with Crippen LogP contribution in [0.2, 0.25) is 0 Å². The number of carboxylic acid groups (broad SMARTS) is 1. The molecule has 0 saturated carbocycles. The number of alkyl halides is 3. The first kappa shape index (κ1) is 24.6. The first-order chi connectivity index (χ1) is 15.5. The first-order valence-corrected chi connectivity index (χ1v) is 10.1. The Labute approximate surface area is 185 Å². The molecule has 0 spiro atoms. The fourth-order valence-electron chi connectivity index (χ4n) is 3.54. The third-order valence-corrected chi connectivity index (χ3v) is 5.14. The summed E-state index contributed by atoms with van der Waals surface area (Å²) in [5.74, 6) is -2.21. The Bertz CT molecular complexity index is 1110. The number of aromatic nitrogens is 4. The van der Waals surface area contributed by atoms with Crippen molar-refractivity contribution in [3.63, 3.8) is 0 Å². The second kappa shape index (κ2) is 9.83. The number of methoxy groups -OCH3 is 1. The molecule has 0 radical (unpaired) electrons. The van der Waals surface area contributed by atoms with E-state index in [0.717, 1.165) is 30.6 Å². The number of halogens is 4. The van der Waals surface area contributed by atoms with Crippen LogP contribution < -0.4 is 5.32 Å². The zero-order valence-electron chi connectivity index (χ0n) is 18.1. The highest BCUT2D eigenvalue weighted by molar-refractivity contribution is 5.84. The Hall–Kier alpha value is -3.06. The van der Waals surface area contributed by atoms with Gasteiger partial charge in [0, 0.05) is 19.0 Å². The van der Waals surface area contributed by atoms with Crippen molar-refractivity contribution in [3.05, 3.63) is 35.6 Å². The zero-order valence-corrected chi connectivity index (χ0v) is 18.1. The van der Waals surface area contributed by atoms with E-state index in [1.165, 1.54) is 10.7 Å². The molecule has 0 bridgehead atoms. The summed E-state index contributed by atoms with van der Waals surface area (Å²) >= 11 is 0. The number of hydrogen-bond donors (Lipinski definition) is 2. The van der Waals surface area contributed by atoms with Gasteiger partial charge in [-0.2, -0.15) is 27.9 Å². The van der Waals surface area contributed by atoms with Gasteiger partial charge in [0.1, 0.15) is 11.3 Å². The molecule has 1 saturated heterocycles. The average Bonchev–Trinajstić information content (AvgIpc) is 3.39. The van der Waals surface area contributed by atoms with Crippen molar-refractivity contribution in [2.45, 2.75) is 44.4 Å². The molecule has 13 heteroatoms. The number of para-hydroxylation sites is 1. The molecule has 1 aromatic carbocycles. The summed E-state index contributed by atoms with van der Waals surface area (Å²) in [7, 11) is 1.67. The average molecular weight is 473 g/mol. The second-order valence-electron chi connectivity index (χ2n) is 7.70. The van der Waals surface area contributed by atoms with Gasteiger partial charge >= 0.3 is 12.1 Å². The number of fused-ring (bicyclic) bond motifs is 1. The standard InChI is InChI=1S/C18H22FN5O2.C2HF3O2/c1-10(2)15-12-5-4-6-13(19)16(12)24(22-15)18-21-17(26-23-18)11-7-8-20-9-14(11)25-3;3-2(4,5)1(6)7/h4-6,10-11,14,20H,7-9H2,1-3H3;(H,6,7)/t11-,14+;/m1./s1. The summed E-state index contributed by atoms with van der Waals surface area (Å²) in [6.07, 6.45) is -4.28. The number of rotatable bonds is 4. The van der Waals surface area contributed by atoms with E-state index >= 15 is 0 Å². The first-order valence-electron chi connectivity index (χ1n) is 10.1. The fraction of sp³-hybridized carbons (Fsp3) is 0.500. The van der Waals surface area contributed by atoms with Gasteiger partial charge in [-0.3, -0.25) is 0 Å². The van der Waals surface area contributed by atoms with Crippen LogP contribution in [0.1, 0.15) is 43.7 Å². The van der Waals surface area contributed by atoms with Crippen LogP contribution in [-0.4, -0.2) is 63.5 Å². The summed E-state index contributed by atoms with van der Waals surface area (Å²) in [5, 5.41) is 19.8. The van der Waals surface area contributed by atoms with E-state index < -0.39 is 12.1 Å². The normalized spacial score (nSPS) is 18.9. The van der Waals surface area contributed by atoms with Crippen LogP contribution in [0.25, 0.3) is 16.9 Å². The second-order valence-corrected chi connectivity index (χ2v) is 7.70. The molecule has 0 aliphatic carbocycles. The van der Waals surface area contributed by atoms with Crippen molar-refractivity contribution in [1.82, 2.24) is 25.2 Å². The number of nitrogens with zero attached hydrogens (tertiary/aromatic N) is 4. The largest absolute Gasteiger partial charge is 0.490 e. The summed E-state index contributed by atoms with van der Waals surface area (Å²) in [6.45, 7) is 5.64. The predicted molar refractivity (Wildman–Crippen MR) is 108 cm³/mol. The van der Waals surface area contributed by atoms with Crippen molar-refractivity contribution in [2.24, 2.45) is 0 Å². The van der Waals surface area contributed by atoms with Gasteiger partial charge in [-0.15, -0.1) is 0 Å². The molecule has 180 valence electrons. The number of piperidine rings is 1. The molecule has 2 aromatic heterocycles. The van der Waals surface area contributed by atoms with Crippen molar-refractivity contribution in [2.75, 3.05) is 20.2 Å². The highest BCUT2D eigenvalue weighted by atomic mass is 19.4. The minimum atomic E-state index is -5.08. The van der Waals surface area contributed by atoms with Gasteiger partial charge in [-0.1, -0.05) is 26.0 Å². The van der Waals surface area contributed by atoms with Crippen LogP contribution in [0.3, 0.4) is 0 Å². The molecule has 4 rings (SSSR count). The van der Waals surface area contributed by atoms with Crippen LogP contribution in [0.5, 0.6) is 0 Å². The van der Waals surface area contributed by atoms with Crippen molar-refractivity contribution < 1.29 is 36.7 Å². The molecule has 33 heavy (non-hydrogen) atoms. The van der Waals surface area contributed by atoms with E-state index in [0.29, 0.717) is 11.4 Å². The van der Waals surface area contributed by atoms with Crippen LogP contribution in [-0.2, 0) is 9.53 Å². The highest BCUT2D eigenvalue weighted by Gasteiger charge is 2.38. The summed E-state index contributed by atoms with van der Waals surface area (Å²) < 4.78 is 58.7. The van der Waals surface area contributed by atoms with Crippen molar-refractivity contribution in [1.29, 1.82) is 0 Å². The molecule has 0 amide bonds. The van der Waals surface area contributed by atoms with E-state index in [4.69, 9.17) is 19.2 Å². The third kappa shape index (κ3) is 5.30. The van der Waals surface area contributed by atoms with Gasteiger partial charge in [0.05, 0.1) is 17.7 Å². The smallest absolute Gasteiger partial charge is 0.475 e. The number of nitrogens with one attached hydrogen (secondary N) is 1. The fourth-order valence-corrected chi connectivity index (χ4v) is 3.54. The molecular formula is C20H23F4N5O4. The molecule has 3 heterocycles. The van der Waals surface area contributed by atoms with Gasteiger partial charge < -0.3 is 19.7 Å².